The Morgan fingerprint density at radius 3 is 2.86 bits per heavy atom. The first kappa shape index (κ1) is 19.2. The van der Waals surface area contributed by atoms with Crippen LogP contribution in [0.25, 0.3) is 16.9 Å². The van der Waals surface area contributed by atoms with Gasteiger partial charge >= 0.3 is 0 Å². The third kappa shape index (κ3) is 4.04. The topological polar surface area (TPSA) is 71.8 Å². The van der Waals surface area contributed by atoms with Crippen LogP contribution < -0.4 is 10.1 Å². The highest BCUT2D eigenvalue weighted by atomic mass is 16.5. The lowest BCUT2D eigenvalue weighted by Crippen LogP contribution is -2.42. The molecule has 0 aliphatic carbocycles. The maximum atomic E-state index is 12.7. The van der Waals surface area contributed by atoms with Crippen LogP contribution in [0.3, 0.4) is 0 Å². The van der Waals surface area contributed by atoms with Crippen LogP contribution in [0.15, 0.2) is 42.9 Å². The van der Waals surface area contributed by atoms with Crippen LogP contribution in [0.4, 0.5) is 5.82 Å². The number of carbonyl (C=O) groups excluding carboxylic acids is 1. The SMILES string of the molecule is COc1ccc(-c2nc3cnccn3c2NCCC(=O)N2CCCC[C@H]2C)cc1. The quantitative estimate of drug-likeness (QED) is 0.693. The number of nitrogens with zero attached hydrogens (tertiary/aromatic N) is 4. The van der Waals surface area contributed by atoms with E-state index in [1.807, 2.05) is 39.8 Å². The van der Waals surface area contributed by atoms with Gasteiger partial charge in [0, 0.05) is 43.5 Å². The molecule has 1 aliphatic rings. The fraction of sp³-hybridized carbons (Fsp3) is 0.409. The molecule has 152 valence electrons. The van der Waals surface area contributed by atoms with Crippen molar-refractivity contribution in [2.75, 3.05) is 25.5 Å². The van der Waals surface area contributed by atoms with Crippen LogP contribution in [0.1, 0.15) is 32.6 Å². The van der Waals surface area contributed by atoms with Gasteiger partial charge in [0.05, 0.1) is 13.3 Å². The van der Waals surface area contributed by atoms with Gasteiger partial charge in [-0.25, -0.2) is 4.98 Å². The number of aromatic nitrogens is 3. The van der Waals surface area contributed by atoms with Gasteiger partial charge in [-0.1, -0.05) is 0 Å². The number of piperidine rings is 1. The summed E-state index contributed by atoms with van der Waals surface area (Å²) in [6.45, 7) is 3.57. The standard InChI is InChI=1S/C22H27N5O2/c1-16-5-3-4-13-26(16)20(28)10-11-24-22-21(17-6-8-18(29-2)9-7-17)25-19-15-23-12-14-27(19)22/h6-9,12,14-16,24H,3-5,10-11,13H2,1-2H3/t16-/m1/s1. The molecule has 1 aromatic carbocycles. The predicted molar refractivity (Wildman–Crippen MR) is 113 cm³/mol. The van der Waals surface area contributed by atoms with Gasteiger partial charge in [0.25, 0.3) is 0 Å². The first-order valence-electron chi connectivity index (χ1n) is 10.2. The minimum Gasteiger partial charge on any atom is -0.497 e. The second-order valence-corrected chi connectivity index (χ2v) is 7.45. The largest absolute Gasteiger partial charge is 0.497 e. The number of amides is 1. The zero-order valence-electron chi connectivity index (χ0n) is 17.0. The molecule has 0 spiro atoms. The lowest BCUT2D eigenvalue weighted by molar-refractivity contribution is -0.134. The van der Waals surface area contributed by atoms with Gasteiger partial charge in [-0.15, -0.1) is 0 Å². The number of ether oxygens (including phenoxy) is 1. The minimum atomic E-state index is 0.214. The Morgan fingerprint density at radius 2 is 2.10 bits per heavy atom. The zero-order valence-corrected chi connectivity index (χ0v) is 17.0. The van der Waals surface area contributed by atoms with Crippen LogP contribution >= 0.6 is 0 Å². The second-order valence-electron chi connectivity index (χ2n) is 7.45. The summed E-state index contributed by atoms with van der Waals surface area (Å²) in [5.74, 6) is 1.88. The van der Waals surface area contributed by atoms with E-state index in [4.69, 9.17) is 9.72 Å². The second kappa shape index (κ2) is 8.51. The molecule has 1 aliphatic heterocycles. The minimum absolute atomic E-state index is 0.214. The molecule has 2 aromatic heterocycles. The van der Waals surface area contributed by atoms with Crippen molar-refractivity contribution in [3.8, 4) is 17.0 Å². The molecular formula is C22H27N5O2. The van der Waals surface area contributed by atoms with Gasteiger partial charge in [-0.3, -0.25) is 14.2 Å². The van der Waals surface area contributed by atoms with Crippen molar-refractivity contribution in [2.24, 2.45) is 0 Å². The number of nitrogens with one attached hydrogen (secondary N) is 1. The molecule has 7 heteroatoms. The number of anilines is 1. The molecule has 4 rings (SSSR count). The molecule has 0 radical (unpaired) electrons. The summed E-state index contributed by atoms with van der Waals surface area (Å²) in [5, 5.41) is 3.44. The van der Waals surface area contributed by atoms with Crippen molar-refractivity contribution in [1.29, 1.82) is 0 Å². The van der Waals surface area contributed by atoms with Crippen LogP contribution in [-0.2, 0) is 4.79 Å². The van der Waals surface area contributed by atoms with Crippen molar-refractivity contribution >= 4 is 17.4 Å². The molecule has 3 aromatic rings. The molecule has 0 bridgehead atoms. The third-order valence-corrected chi connectivity index (χ3v) is 5.55. The van der Waals surface area contributed by atoms with Gasteiger partial charge in [-0.05, 0) is 50.5 Å². The summed E-state index contributed by atoms with van der Waals surface area (Å²) in [6.07, 6.45) is 9.23. The maximum Gasteiger partial charge on any atom is 0.224 e. The number of carbonyl (C=O) groups is 1. The molecule has 0 saturated carbocycles. The Balaban J connectivity index is 1.53. The van der Waals surface area contributed by atoms with E-state index >= 15 is 0 Å². The Hall–Kier alpha value is -3.09. The normalized spacial score (nSPS) is 16.8. The number of benzene rings is 1. The van der Waals surface area contributed by atoms with Crippen LogP contribution in [0.2, 0.25) is 0 Å². The number of likely N-dealkylation sites (tertiary alicyclic amines) is 1. The summed E-state index contributed by atoms with van der Waals surface area (Å²) >= 11 is 0. The van der Waals surface area contributed by atoms with E-state index in [1.165, 1.54) is 6.42 Å². The highest BCUT2D eigenvalue weighted by molar-refractivity contribution is 5.79. The molecule has 1 fully saturated rings. The molecule has 29 heavy (non-hydrogen) atoms. The molecule has 0 unspecified atom stereocenters. The van der Waals surface area contributed by atoms with Gasteiger partial charge < -0.3 is 15.0 Å². The lowest BCUT2D eigenvalue weighted by Gasteiger charge is -2.33. The van der Waals surface area contributed by atoms with Crippen LogP contribution in [0, 0.1) is 0 Å². The van der Waals surface area contributed by atoms with E-state index < -0.39 is 0 Å². The smallest absolute Gasteiger partial charge is 0.224 e. The van der Waals surface area contributed by atoms with Crippen molar-refractivity contribution in [3.63, 3.8) is 0 Å². The van der Waals surface area contributed by atoms with Gasteiger partial charge in [0.1, 0.15) is 17.3 Å². The summed E-state index contributed by atoms with van der Waals surface area (Å²) in [4.78, 5) is 23.6. The molecular weight excluding hydrogens is 366 g/mol. The maximum absolute atomic E-state index is 12.7. The number of imidazole rings is 1. The van der Waals surface area contributed by atoms with Gasteiger partial charge in [-0.2, -0.15) is 0 Å². The zero-order chi connectivity index (χ0) is 20.2. The molecule has 1 amide bonds. The Morgan fingerprint density at radius 1 is 1.28 bits per heavy atom. The highest BCUT2D eigenvalue weighted by Crippen LogP contribution is 2.30. The van der Waals surface area contributed by atoms with Crippen molar-refractivity contribution in [2.45, 2.75) is 38.6 Å². The number of fused-ring (bicyclic) bond motifs is 1. The van der Waals surface area contributed by atoms with Crippen LogP contribution in [-0.4, -0.2) is 51.4 Å². The summed E-state index contributed by atoms with van der Waals surface area (Å²) in [5.41, 5.74) is 2.57. The van der Waals surface area contributed by atoms with Crippen molar-refractivity contribution < 1.29 is 9.53 Å². The number of methoxy groups -OCH3 is 1. The molecule has 1 N–H and O–H groups in total. The summed E-state index contributed by atoms with van der Waals surface area (Å²) in [6, 6.07) is 8.15. The van der Waals surface area contributed by atoms with Crippen molar-refractivity contribution in [3.05, 3.63) is 42.9 Å². The Kier molecular flexibility index (Phi) is 5.64. The monoisotopic (exact) mass is 393 g/mol. The predicted octanol–water partition coefficient (Wildman–Crippen LogP) is 3.61. The fourth-order valence-electron chi connectivity index (χ4n) is 3.93. The van der Waals surface area contributed by atoms with E-state index in [-0.39, 0.29) is 5.91 Å². The van der Waals surface area contributed by atoms with Gasteiger partial charge in [0.2, 0.25) is 5.91 Å². The van der Waals surface area contributed by atoms with E-state index in [0.717, 1.165) is 47.9 Å². The number of hydrogen-bond donors (Lipinski definition) is 1. The average Bonchev–Trinajstić information content (AvgIpc) is 3.13. The van der Waals surface area contributed by atoms with E-state index in [9.17, 15) is 4.79 Å². The fourth-order valence-corrected chi connectivity index (χ4v) is 3.93. The number of hydrogen-bond acceptors (Lipinski definition) is 5. The molecule has 1 atom stereocenters. The van der Waals surface area contributed by atoms with E-state index in [0.29, 0.717) is 19.0 Å². The molecule has 3 heterocycles. The molecule has 7 nitrogen and oxygen atoms in total. The first-order valence-corrected chi connectivity index (χ1v) is 10.2. The first-order chi connectivity index (χ1) is 14.2. The summed E-state index contributed by atoms with van der Waals surface area (Å²) < 4.78 is 7.23. The van der Waals surface area contributed by atoms with E-state index in [1.54, 1.807) is 19.5 Å². The summed E-state index contributed by atoms with van der Waals surface area (Å²) in [7, 11) is 1.65. The van der Waals surface area contributed by atoms with Crippen molar-refractivity contribution in [1.82, 2.24) is 19.3 Å². The van der Waals surface area contributed by atoms with Gasteiger partial charge in [0.15, 0.2) is 5.65 Å². The van der Waals surface area contributed by atoms with E-state index in [2.05, 4.69) is 17.2 Å². The average molecular weight is 393 g/mol. The Bertz CT molecular complexity index is 983. The Labute approximate surface area is 170 Å². The third-order valence-electron chi connectivity index (χ3n) is 5.55. The highest BCUT2D eigenvalue weighted by Gasteiger charge is 2.23. The number of rotatable bonds is 6. The lowest BCUT2D eigenvalue weighted by atomic mass is 10.0. The van der Waals surface area contributed by atoms with Crippen LogP contribution in [0.5, 0.6) is 5.75 Å². The molecule has 1 saturated heterocycles.